The Morgan fingerprint density at radius 1 is 1.21 bits per heavy atom. The van der Waals surface area contributed by atoms with Crippen molar-refractivity contribution in [2.75, 3.05) is 17.2 Å². The predicted octanol–water partition coefficient (Wildman–Crippen LogP) is 4.46. The van der Waals surface area contributed by atoms with Gasteiger partial charge in [0.1, 0.15) is 17.3 Å². The Labute approximate surface area is 147 Å². The summed E-state index contributed by atoms with van der Waals surface area (Å²) in [6, 6.07) is 7.01. The number of amides is 1. The van der Waals surface area contributed by atoms with E-state index < -0.39 is 0 Å². The Kier molecular flexibility index (Phi) is 6.15. The Morgan fingerprint density at radius 2 is 1.96 bits per heavy atom. The number of carbonyl (C=O) groups is 1. The van der Waals surface area contributed by atoms with Crippen LogP contribution < -0.4 is 10.6 Å². The summed E-state index contributed by atoms with van der Waals surface area (Å²) < 4.78 is 0. The van der Waals surface area contributed by atoms with Crippen molar-refractivity contribution in [1.29, 1.82) is 0 Å². The van der Waals surface area contributed by atoms with Gasteiger partial charge in [-0.25, -0.2) is 9.97 Å². The zero-order chi connectivity index (χ0) is 17.7. The van der Waals surface area contributed by atoms with Gasteiger partial charge in [-0.1, -0.05) is 25.4 Å². The number of halogens is 1. The molecule has 0 aliphatic heterocycles. The molecule has 0 saturated carbocycles. The van der Waals surface area contributed by atoms with E-state index in [0.717, 1.165) is 24.2 Å². The van der Waals surface area contributed by atoms with Crippen molar-refractivity contribution in [3.05, 3.63) is 46.4 Å². The molecule has 0 unspecified atom stereocenters. The first-order valence-corrected chi connectivity index (χ1v) is 8.40. The van der Waals surface area contributed by atoms with E-state index in [4.69, 9.17) is 11.6 Å². The van der Waals surface area contributed by atoms with Crippen molar-refractivity contribution in [3.63, 3.8) is 0 Å². The highest BCUT2D eigenvalue weighted by atomic mass is 35.5. The topological polar surface area (TPSA) is 66.9 Å². The van der Waals surface area contributed by atoms with Crippen LogP contribution in [0, 0.1) is 19.8 Å². The molecule has 24 heavy (non-hydrogen) atoms. The van der Waals surface area contributed by atoms with Crippen molar-refractivity contribution in [2.24, 2.45) is 5.92 Å². The standard InChI is InChI=1S/C18H23ClN4O/c1-11(2)7-8-20-17-10-16(21-13(4)22-17)18(24)23-15-6-5-14(19)9-12(15)3/h5-6,9-11H,7-8H2,1-4H3,(H,23,24)(H,20,21,22). The highest BCUT2D eigenvalue weighted by molar-refractivity contribution is 6.30. The minimum absolute atomic E-state index is 0.266. The van der Waals surface area contributed by atoms with Gasteiger partial charge in [-0.15, -0.1) is 0 Å². The van der Waals surface area contributed by atoms with E-state index in [1.54, 1.807) is 31.2 Å². The normalized spacial score (nSPS) is 10.8. The van der Waals surface area contributed by atoms with E-state index in [2.05, 4.69) is 34.4 Å². The molecule has 0 saturated heterocycles. The summed E-state index contributed by atoms with van der Waals surface area (Å²) in [4.78, 5) is 21.0. The summed E-state index contributed by atoms with van der Waals surface area (Å²) in [6.07, 6.45) is 1.04. The van der Waals surface area contributed by atoms with Crippen LogP contribution in [0.15, 0.2) is 24.3 Å². The van der Waals surface area contributed by atoms with Gasteiger partial charge >= 0.3 is 0 Å². The highest BCUT2D eigenvalue weighted by Gasteiger charge is 2.12. The molecular formula is C18H23ClN4O. The van der Waals surface area contributed by atoms with E-state index in [1.165, 1.54) is 0 Å². The zero-order valence-corrected chi connectivity index (χ0v) is 15.2. The molecule has 0 bridgehead atoms. The van der Waals surface area contributed by atoms with Crippen LogP contribution in [0.3, 0.4) is 0 Å². The van der Waals surface area contributed by atoms with Crippen molar-refractivity contribution in [2.45, 2.75) is 34.1 Å². The van der Waals surface area contributed by atoms with E-state index >= 15 is 0 Å². The number of nitrogens with one attached hydrogen (secondary N) is 2. The lowest BCUT2D eigenvalue weighted by Crippen LogP contribution is -2.16. The maximum Gasteiger partial charge on any atom is 0.274 e. The van der Waals surface area contributed by atoms with E-state index in [1.807, 2.05) is 6.92 Å². The molecule has 0 fully saturated rings. The van der Waals surface area contributed by atoms with Crippen LogP contribution in [0.2, 0.25) is 5.02 Å². The quantitative estimate of drug-likeness (QED) is 0.810. The van der Waals surface area contributed by atoms with Crippen LogP contribution in [0.25, 0.3) is 0 Å². The Hall–Kier alpha value is -2.14. The van der Waals surface area contributed by atoms with Gasteiger partial charge in [-0.05, 0) is 49.9 Å². The second-order valence-electron chi connectivity index (χ2n) is 6.21. The molecular weight excluding hydrogens is 324 g/mol. The molecule has 2 N–H and O–H groups in total. The van der Waals surface area contributed by atoms with Gasteiger partial charge < -0.3 is 10.6 Å². The number of aromatic nitrogens is 2. The second kappa shape index (κ2) is 8.11. The summed E-state index contributed by atoms with van der Waals surface area (Å²) >= 11 is 5.94. The lowest BCUT2D eigenvalue weighted by atomic mass is 10.1. The molecule has 128 valence electrons. The van der Waals surface area contributed by atoms with Crippen LogP contribution in [0.4, 0.5) is 11.5 Å². The SMILES string of the molecule is Cc1nc(NCCC(C)C)cc(C(=O)Nc2ccc(Cl)cc2C)n1. The van der Waals surface area contributed by atoms with Crippen molar-refractivity contribution in [1.82, 2.24) is 9.97 Å². The van der Waals surface area contributed by atoms with Crippen LogP contribution in [-0.2, 0) is 0 Å². The van der Waals surface area contributed by atoms with E-state index in [-0.39, 0.29) is 5.91 Å². The molecule has 0 spiro atoms. The largest absolute Gasteiger partial charge is 0.370 e. The Balaban J connectivity index is 2.12. The van der Waals surface area contributed by atoms with Crippen molar-refractivity contribution >= 4 is 29.0 Å². The minimum Gasteiger partial charge on any atom is -0.370 e. The number of hydrogen-bond donors (Lipinski definition) is 2. The fourth-order valence-electron chi connectivity index (χ4n) is 2.22. The van der Waals surface area contributed by atoms with Crippen molar-refractivity contribution in [3.8, 4) is 0 Å². The average molecular weight is 347 g/mol. The summed E-state index contributed by atoms with van der Waals surface area (Å²) in [5, 5.41) is 6.75. The fraction of sp³-hybridized carbons (Fsp3) is 0.389. The molecule has 1 amide bonds. The molecule has 0 radical (unpaired) electrons. The third kappa shape index (κ3) is 5.20. The van der Waals surface area contributed by atoms with Gasteiger partial charge in [0, 0.05) is 23.3 Å². The average Bonchev–Trinajstić information content (AvgIpc) is 2.49. The highest BCUT2D eigenvalue weighted by Crippen LogP contribution is 2.20. The maximum absolute atomic E-state index is 12.5. The number of anilines is 2. The number of aryl methyl sites for hydroxylation is 2. The number of carbonyl (C=O) groups excluding carboxylic acids is 1. The van der Waals surface area contributed by atoms with Crippen LogP contribution in [0.1, 0.15) is 42.1 Å². The lowest BCUT2D eigenvalue weighted by molar-refractivity contribution is 0.102. The number of nitrogens with zero attached hydrogens (tertiary/aromatic N) is 2. The first-order chi connectivity index (χ1) is 11.3. The van der Waals surface area contributed by atoms with Crippen molar-refractivity contribution < 1.29 is 4.79 Å². The molecule has 2 aromatic rings. The van der Waals surface area contributed by atoms with Gasteiger partial charge in [-0.3, -0.25) is 4.79 Å². The minimum atomic E-state index is -0.266. The van der Waals surface area contributed by atoms with Gasteiger partial charge in [0.2, 0.25) is 0 Å². The Bertz CT molecular complexity index is 731. The van der Waals surface area contributed by atoms with E-state index in [0.29, 0.717) is 28.3 Å². The van der Waals surface area contributed by atoms with Crippen LogP contribution >= 0.6 is 11.6 Å². The van der Waals surface area contributed by atoms with E-state index in [9.17, 15) is 4.79 Å². The summed E-state index contributed by atoms with van der Waals surface area (Å²) in [6.45, 7) is 8.81. The number of benzene rings is 1. The van der Waals surface area contributed by atoms with Gasteiger partial charge in [-0.2, -0.15) is 0 Å². The third-order valence-electron chi connectivity index (χ3n) is 3.54. The van der Waals surface area contributed by atoms with Crippen LogP contribution in [0.5, 0.6) is 0 Å². The summed E-state index contributed by atoms with van der Waals surface area (Å²) in [7, 11) is 0. The van der Waals surface area contributed by atoms with Gasteiger partial charge in [0.25, 0.3) is 5.91 Å². The first-order valence-electron chi connectivity index (χ1n) is 8.02. The van der Waals surface area contributed by atoms with Gasteiger partial charge in [0.05, 0.1) is 0 Å². The molecule has 1 heterocycles. The second-order valence-corrected chi connectivity index (χ2v) is 6.64. The smallest absolute Gasteiger partial charge is 0.274 e. The molecule has 1 aromatic carbocycles. The third-order valence-corrected chi connectivity index (χ3v) is 3.77. The maximum atomic E-state index is 12.5. The first kappa shape index (κ1) is 18.2. The molecule has 6 heteroatoms. The molecule has 0 aliphatic rings. The molecule has 1 aromatic heterocycles. The molecule has 0 atom stereocenters. The molecule has 0 aliphatic carbocycles. The predicted molar refractivity (Wildman–Crippen MR) is 98.9 cm³/mol. The Morgan fingerprint density at radius 3 is 2.62 bits per heavy atom. The fourth-order valence-corrected chi connectivity index (χ4v) is 2.44. The number of hydrogen-bond acceptors (Lipinski definition) is 4. The molecule has 2 rings (SSSR count). The van der Waals surface area contributed by atoms with Crippen LogP contribution in [-0.4, -0.2) is 22.4 Å². The lowest BCUT2D eigenvalue weighted by Gasteiger charge is -2.11. The zero-order valence-electron chi connectivity index (χ0n) is 14.5. The summed E-state index contributed by atoms with van der Waals surface area (Å²) in [5.74, 6) is 1.57. The molecule has 5 nitrogen and oxygen atoms in total. The monoisotopic (exact) mass is 346 g/mol. The summed E-state index contributed by atoms with van der Waals surface area (Å²) in [5.41, 5.74) is 1.95. The number of rotatable bonds is 6. The van der Waals surface area contributed by atoms with Gasteiger partial charge in [0.15, 0.2) is 0 Å².